The minimum absolute atomic E-state index is 0.0342. The minimum atomic E-state index is -0.555. The van der Waals surface area contributed by atoms with E-state index in [1.54, 1.807) is 25.3 Å². The fourth-order valence-corrected chi connectivity index (χ4v) is 1.26. The van der Waals surface area contributed by atoms with Gasteiger partial charge in [0.1, 0.15) is 5.69 Å². The Labute approximate surface area is 97.0 Å². The summed E-state index contributed by atoms with van der Waals surface area (Å²) in [5.41, 5.74) is 6.60. The summed E-state index contributed by atoms with van der Waals surface area (Å²) >= 11 is 0. The van der Waals surface area contributed by atoms with Gasteiger partial charge in [-0.15, -0.1) is 0 Å². The molecule has 0 amide bonds. The van der Waals surface area contributed by atoms with E-state index in [1.165, 1.54) is 0 Å². The van der Waals surface area contributed by atoms with Crippen molar-refractivity contribution in [2.45, 2.75) is 6.92 Å². The molecule has 0 aromatic carbocycles. The van der Waals surface area contributed by atoms with E-state index in [1.807, 2.05) is 0 Å². The second kappa shape index (κ2) is 4.60. The number of ether oxygens (including phenoxy) is 1. The summed E-state index contributed by atoms with van der Waals surface area (Å²) in [6.45, 7) is 1.99. The van der Waals surface area contributed by atoms with Gasteiger partial charge < -0.3 is 10.5 Å². The molecule has 7 heteroatoms. The first-order valence-corrected chi connectivity index (χ1v) is 5.02. The minimum Gasteiger partial charge on any atom is -0.460 e. The Morgan fingerprint density at radius 3 is 3.12 bits per heavy atom. The van der Waals surface area contributed by atoms with Crippen LogP contribution >= 0.6 is 0 Å². The molecule has 3 N–H and O–H groups in total. The van der Waals surface area contributed by atoms with Crippen molar-refractivity contribution in [3.05, 3.63) is 24.2 Å². The highest BCUT2D eigenvalue weighted by molar-refractivity contribution is 5.85. The third kappa shape index (κ3) is 2.22. The number of nitrogens with one attached hydrogen (secondary N) is 1. The van der Waals surface area contributed by atoms with Gasteiger partial charge in [-0.3, -0.25) is 10.1 Å². The lowest BCUT2D eigenvalue weighted by Crippen LogP contribution is -2.06. The number of carbonyl (C=O) groups excluding carboxylic acids is 1. The molecule has 0 bridgehead atoms. The molecule has 0 fully saturated rings. The highest BCUT2D eigenvalue weighted by Crippen LogP contribution is 2.18. The maximum absolute atomic E-state index is 11.4. The Bertz CT molecular complexity index is 537. The number of hydrogen-bond acceptors (Lipinski definition) is 6. The summed E-state index contributed by atoms with van der Waals surface area (Å²) in [5.74, 6) is -0.251. The van der Waals surface area contributed by atoms with Gasteiger partial charge >= 0.3 is 5.97 Å². The number of nitrogens with two attached hydrogens (primary N) is 1. The second-order valence-electron chi connectivity index (χ2n) is 3.17. The maximum atomic E-state index is 11.4. The van der Waals surface area contributed by atoms with Crippen LogP contribution in [0.25, 0.3) is 11.5 Å². The standard InChI is InChI=1S/C10H11N5O2/c1-2-17-10(16)9-13-8(14-15-9)7-6(11)4-3-5-12-7/h3-5H,2,11H2,1H3,(H,13,14,15). The average Bonchev–Trinajstić information content (AvgIpc) is 2.79. The molecule has 2 aromatic rings. The summed E-state index contributed by atoms with van der Waals surface area (Å²) < 4.78 is 4.78. The molecule has 88 valence electrons. The van der Waals surface area contributed by atoms with Crippen LogP contribution in [0, 0.1) is 0 Å². The van der Waals surface area contributed by atoms with E-state index in [0.29, 0.717) is 11.4 Å². The molecule has 0 saturated carbocycles. The molecule has 2 heterocycles. The number of nitrogen functional groups attached to an aromatic ring is 1. The zero-order chi connectivity index (χ0) is 12.3. The quantitative estimate of drug-likeness (QED) is 0.753. The molecule has 0 aliphatic rings. The van der Waals surface area contributed by atoms with Gasteiger partial charge in [0.2, 0.25) is 11.6 Å². The van der Waals surface area contributed by atoms with E-state index >= 15 is 0 Å². The molecule has 2 rings (SSSR count). The molecular weight excluding hydrogens is 222 g/mol. The molecule has 0 aliphatic heterocycles. The molecule has 0 radical (unpaired) electrons. The highest BCUT2D eigenvalue weighted by atomic mass is 16.5. The zero-order valence-corrected chi connectivity index (χ0v) is 9.17. The summed E-state index contributed by atoms with van der Waals surface area (Å²) in [7, 11) is 0. The van der Waals surface area contributed by atoms with Gasteiger partial charge in [0.15, 0.2) is 0 Å². The molecule has 17 heavy (non-hydrogen) atoms. The maximum Gasteiger partial charge on any atom is 0.375 e. The van der Waals surface area contributed by atoms with E-state index in [0.717, 1.165) is 0 Å². The van der Waals surface area contributed by atoms with Crippen molar-refractivity contribution in [2.75, 3.05) is 12.3 Å². The van der Waals surface area contributed by atoms with Crippen LogP contribution < -0.4 is 5.73 Å². The van der Waals surface area contributed by atoms with E-state index in [2.05, 4.69) is 20.2 Å². The van der Waals surface area contributed by atoms with Crippen LogP contribution in [0.1, 0.15) is 17.5 Å². The van der Waals surface area contributed by atoms with Gasteiger partial charge in [-0.2, -0.15) is 10.1 Å². The molecule has 7 nitrogen and oxygen atoms in total. The Hall–Kier alpha value is -2.44. The van der Waals surface area contributed by atoms with Crippen LogP contribution in [0.15, 0.2) is 18.3 Å². The highest BCUT2D eigenvalue weighted by Gasteiger charge is 2.15. The molecule has 2 aromatic heterocycles. The van der Waals surface area contributed by atoms with Gasteiger partial charge in [0.05, 0.1) is 12.3 Å². The van der Waals surface area contributed by atoms with Crippen LogP contribution in [0.3, 0.4) is 0 Å². The van der Waals surface area contributed by atoms with Crippen molar-refractivity contribution < 1.29 is 9.53 Å². The second-order valence-corrected chi connectivity index (χ2v) is 3.17. The topological polar surface area (TPSA) is 107 Å². The number of aromatic nitrogens is 4. The van der Waals surface area contributed by atoms with Crippen LogP contribution in [0.2, 0.25) is 0 Å². The number of H-pyrrole nitrogens is 1. The number of esters is 1. The number of nitrogens with zero attached hydrogens (tertiary/aromatic N) is 3. The van der Waals surface area contributed by atoms with E-state index < -0.39 is 5.97 Å². The predicted molar refractivity (Wildman–Crippen MR) is 60.0 cm³/mol. The number of aromatic amines is 1. The number of rotatable bonds is 3. The summed E-state index contributed by atoms with van der Waals surface area (Å²) in [6, 6.07) is 3.39. The lowest BCUT2D eigenvalue weighted by molar-refractivity contribution is 0.0512. The lowest BCUT2D eigenvalue weighted by Gasteiger charge is -1.97. The molecule has 0 unspecified atom stereocenters. The first-order valence-electron chi connectivity index (χ1n) is 5.02. The van der Waals surface area contributed by atoms with Gasteiger partial charge in [0.25, 0.3) is 0 Å². The Balaban J connectivity index is 2.30. The third-order valence-corrected chi connectivity index (χ3v) is 2.00. The Morgan fingerprint density at radius 2 is 2.41 bits per heavy atom. The first-order chi connectivity index (χ1) is 8.22. The van der Waals surface area contributed by atoms with Crippen molar-refractivity contribution in [3.63, 3.8) is 0 Å². The van der Waals surface area contributed by atoms with Crippen molar-refractivity contribution in [1.82, 2.24) is 20.2 Å². The fourth-order valence-electron chi connectivity index (χ4n) is 1.26. The van der Waals surface area contributed by atoms with Crippen molar-refractivity contribution >= 4 is 11.7 Å². The zero-order valence-electron chi connectivity index (χ0n) is 9.17. The molecule has 0 saturated heterocycles. The SMILES string of the molecule is CCOC(=O)c1nc(-c2ncccc2N)n[nH]1. The van der Waals surface area contributed by atoms with Crippen LogP contribution in [-0.2, 0) is 4.74 Å². The number of anilines is 1. The summed E-state index contributed by atoms with van der Waals surface area (Å²) in [4.78, 5) is 19.4. The third-order valence-electron chi connectivity index (χ3n) is 2.00. The number of pyridine rings is 1. The summed E-state index contributed by atoms with van der Waals surface area (Å²) in [5, 5.41) is 6.36. The monoisotopic (exact) mass is 233 g/mol. The Kier molecular flexibility index (Phi) is 2.99. The smallest absolute Gasteiger partial charge is 0.375 e. The van der Waals surface area contributed by atoms with Gasteiger partial charge in [-0.25, -0.2) is 4.79 Å². The van der Waals surface area contributed by atoms with Gasteiger partial charge in [-0.05, 0) is 19.1 Å². The molecule has 0 atom stereocenters. The molecule has 0 spiro atoms. The van der Waals surface area contributed by atoms with Crippen LogP contribution in [-0.4, -0.2) is 32.7 Å². The van der Waals surface area contributed by atoms with Crippen molar-refractivity contribution in [1.29, 1.82) is 0 Å². The van der Waals surface area contributed by atoms with Crippen molar-refractivity contribution in [2.24, 2.45) is 0 Å². The number of carbonyl (C=O) groups is 1. The van der Waals surface area contributed by atoms with Gasteiger partial charge in [-0.1, -0.05) is 0 Å². The number of hydrogen-bond donors (Lipinski definition) is 2. The predicted octanol–water partition coefficient (Wildman–Crippen LogP) is 0.626. The Morgan fingerprint density at radius 1 is 1.59 bits per heavy atom. The van der Waals surface area contributed by atoms with Crippen molar-refractivity contribution in [3.8, 4) is 11.5 Å². The first kappa shape index (κ1) is 11.1. The van der Waals surface area contributed by atoms with Crippen LogP contribution in [0.4, 0.5) is 5.69 Å². The summed E-state index contributed by atoms with van der Waals surface area (Å²) in [6.07, 6.45) is 1.58. The molecule has 0 aliphatic carbocycles. The fraction of sp³-hybridized carbons (Fsp3) is 0.200. The average molecular weight is 233 g/mol. The van der Waals surface area contributed by atoms with Crippen LogP contribution in [0.5, 0.6) is 0 Å². The normalized spacial score (nSPS) is 10.2. The van der Waals surface area contributed by atoms with E-state index in [4.69, 9.17) is 10.5 Å². The largest absolute Gasteiger partial charge is 0.460 e. The van der Waals surface area contributed by atoms with E-state index in [-0.39, 0.29) is 18.3 Å². The molecular formula is C10H11N5O2. The van der Waals surface area contributed by atoms with Gasteiger partial charge in [0, 0.05) is 6.20 Å². The van der Waals surface area contributed by atoms with E-state index in [9.17, 15) is 4.79 Å². The lowest BCUT2D eigenvalue weighted by atomic mass is 10.3.